The number of likely N-dealkylation sites (tertiary alicyclic amines) is 1. The third-order valence-electron chi connectivity index (χ3n) is 3.82. The van der Waals surface area contributed by atoms with Crippen LogP contribution in [0.15, 0.2) is 29.2 Å². The highest BCUT2D eigenvalue weighted by Crippen LogP contribution is 2.36. The maximum atomic E-state index is 13.0. The van der Waals surface area contributed by atoms with Gasteiger partial charge in [-0.2, -0.15) is 0 Å². The SMILES string of the molecule is O=C(O)CN1C(=O)C[C@H](N2C(=O)/C(=C/c3ccc(F)cc3)SC2=S)C1=O. The molecule has 0 radical (unpaired) electrons. The van der Waals surface area contributed by atoms with E-state index in [0.717, 1.165) is 16.7 Å². The molecule has 0 bridgehead atoms. The molecule has 2 saturated heterocycles. The van der Waals surface area contributed by atoms with E-state index in [1.54, 1.807) is 0 Å². The number of carboxylic acid groups (broad SMARTS) is 1. The summed E-state index contributed by atoms with van der Waals surface area (Å²) in [5.74, 6) is -3.72. The first-order valence-corrected chi connectivity index (χ1v) is 8.59. The van der Waals surface area contributed by atoms with Crippen molar-refractivity contribution in [3.63, 3.8) is 0 Å². The molecule has 1 atom stereocenters. The lowest BCUT2D eigenvalue weighted by molar-refractivity contribution is -0.149. The molecule has 7 nitrogen and oxygen atoms in total. The number of carboxylic acids is 1. The topological polar surface area (TPSA) is 95.0 Å². The zero-order chi connectivity index (χ0) is 19.0. The van der Waals surface area contributed by atoms with Crippen LogP contribution >= 0.6 is 24.0 Å². The predicted octanol–water partition coefficient (Wildman–Crippen LogP) is 1.24. The molecule has 1 aromatic carbocycles. The Labute approximate surface area is 156 Å². The Morgan fingerprint density at radius 3 is 2.58 bits per heavy atom. The Morgan fingerprint density at radius 2 is 1.96 bits per heavy atom. The Morgan fingerprint density at radius 1 is 1.31 bits per heavy atom. The lowest BCUT2D eigenvalue weighted by Gasteiger charge is -2.20. The van der Waals surface area contributed by atoms with Gasteiger partial charge in [0, 0.05) is 0 Å². The lowest BCUT2D eigenvalue weighted by atomic mass is 10.2. The smallest absolute Gasteiger partial charge is 0.323 e. The van der Waals surface area contributed by atoms with E-state index in [4.69, 9.17) is 17.3 Å². The average Bonchev–Trinajstić information content (AvgIpc) is 2.99. The summed E-state index contributed by atoms with van der Waals surface area (Å²) in [5.41, 5.74) is 0.577. The van der Waals surface area contributed by atoms with Crippen LogP contribution in [0.25, 0.3) is 6.08 Å². The van der Waals surface area contributed by atoms with Gasteiger partial charge in [-0.1, -0.05) is 36.1 Å². The number of nitrogens with zero attached hydrogens (tertiary/aromatic N) is 2. The molecule has 26 heavy (non-hydrogen) atoms. The van der Waals surface area contributed by atoms with Crippen molar-refractivity contribution in [3.05, 3.63) is 40.6 Å². The second-order valence-electron chi connectivity index (χ2n) is 5.54. The van der Waals surface area contributed by atoms with Crippen LogP contribution in [0.5, 0.6) is 0 Å². The first-order valence-electron chi connectivity index (χ1n) is 7.36. The maximum absolute atomic E-state index is 13.0. The minimum absolute atomic E-state index is 0.103. The van der Waals surface area contributed by atoms with E-state index in [-0.39, 0.29) is 15.6 Å². The molecule has 3 rings (SSSR count). The van der Waals surface area contributed by atoms with Gasteiger partial charge in [0.2, 0.25) is 5.91 Å². The predicted molar refractivity (Wildman–Crippen MR) is 94.2 cm³/mol. The van der Waals surface area contributed by atoms with Gasteiger partial charge in [-0.15, -0.1) is 0 Å². The average molecular weight is 394 g/mol. The van der Waals surface area contributed by atoms with Crippen molar-refractivity contribution in [2.45, 2.75) is 12.5 Å². The Hall–Kier alpha value is -2.59. The molecule has 1 N–H and O–H groups in total. The van der Waals surface area contributed by atoms with E-state index in [2.05, 4.69) is 0 Å². The number of rotatable bonds is 4. The van der Waals surface area contributed by atoms with Gasteiger partial charge in [0.25, 0.3) is 11.8 Å². The minimum Gasteiger partial charge on any atom is -0.480 e. The second-order valence-corrected chi connectivity index (χ2v) is 7.21. The molecule has 0 spiro atoms. The first kappa shape index (κ1) is 18.2. The molecule has 2 aliphatic rings. The normalized spacial score (nSPS) is 22.0. The highest BCUT2D eigenvalue weighted by atomic mass is 32.2. The van der Waals surface area contributed by atoms with Crippen LogP contribution < -0.4 is 0 Å². The van der Waals surface area contributed by atoms with E-state index < -0.39 is 42.1 Å². The Bertz CT molecular complexity index is 868. The van der Waals surface area contributed by atoms with Crippen LogP contribution in [0.1, 0.15) is 12.0 Å². The number of aliphatic carboxylic acids is 1. The molecule has 0 unspecified atom stereocenters. The van der Waals surface area contributed by atoms with Crippen molar-refractivity contribution in [2.24, 2.45) is 0 Å². The summed E-state index contributed by atoms with van der Waals surface area (Å²) in [5, 5.41) is 8.80. The molecule has 2 aliphatic heterocycles. The zero-order valence-electron chi connectivity index (χ0n) is 13.0. The number of benzene rings is 1. The number of hydrogen-bond donors (Lipinski definition) is 1. The van der Waals surface area contributed by atoms with E-state index in [1.807, 2.05) is 0 Å². The number of carbonyl (C=O) groups excluding carboxylic acids is 3. The molecule has 0 aromatic heterocycles. The first-order chi connectivity index (χ1) is 12.3. The van der Waals surface area contributed by atoms with Gasteiger partial charge in [0.05, 0.1) is 11.3 Å². The summed E-state index contributed by atoms with van der Waals surface area (Å²) in [4.78, 5) is 49.6. The van der Waals surface area contributed by atoms with Crippen molar-refractivity contribution in [3.8, 4) is 0 Å². The molecule has 2 fully saturated rings. The van der Waals surface area contributed by atoms with Crippen molar-refractivity contribution < 1.29 is 28.7 Å². The molecule has 0 saturated carbocycles. The van der Waals surface area contributed by atoms with E-state index in [1.165, 1.54) is 30.3 Å². The van der Waals surface area contributed by atoms with E-state index >= 15 is 0 Å². The van der Waals surface area contributed by atoms with Gasteiger partial charge < -0.3 is 5.11 Å². The molecule has 10 heteroatoms. The summed E-state index contributed by atoms with van der Waals surface area (Å²) < 4.78 is 13.1. The molecule has 2 heterocycles. The van der Waals surface area contributed by atoms with Crippen molar-refractivity contribution in [1.82, 2.24) is 9.80 Å². The molecule has 1 aromatic rings. The highest BCUT2D eigenvalue weighted by molar-refractivity contribution is 8.26. The summed E-state index contributed by atoms with van der Waals surface area (Å²) in [6.45, 7) is -0.756. The minimum atomic E-state index is -1.33. The standard InChI is InChI=1S/C16H11FN2O5S2/c17-9-3-1-8(2-4-9)5-11-15(24)19(16(25)26-11)10-6-12(20)18(14(10)23)7-13(21)22/h1-5,10H,6-7H2,(H,21,22)/b11-5-/t10-/m0/s1. The van der Waals surface area contributed by atoms with E-state index in [9.17, 15) is 23.6 Å². The monoisotopic (exact) mass is 394 g/mol. The highest BCUT2D eigenvalue weighted by Gasteiger charge is 2.48. The fourth-order valence-electron chi connectivity index (χ4n) is 2.63. The Balaban J connectivity index is 1.83. The number of hydrogen-bond acceptors (Lipinski definition) is 6. The van der Waals surface area contributed by atoms with Gasteiger partial charge in [-0.3, -0.25) is 29.0 Å². The lowest BCUT2D eigenvalue weighted by Crippen LogP contribution is -2.45. The summed E-state index contributed by atoms with van der Waals surface area (Å²) in [6, 6.07) is 4.32. The van der Waals surface area contributed by atoms with Crippen LogP contribution in [0.4, 0.5) is 4.39 Å². The molecular weight excluding hydrogens is 383 g/mol. The van der Waals surface area contributed by atoms with Gasteiger partial charge in [-0.05, 0) is 23.8 Å². The van der Waals surface area contributed by atoms with Gasteiger partial charge in [0.15, 0.2) is 0 Å². The fraction of sp³-hybridized carbons (Fsp3) is 0.188. The molecule has 0 aliphatic carbocycles. The van der Waals surface area contributed by atoms with Crippen LogP contribution in [0, 0.1) is 5.82 Å². The third kappa shape index (κ3) is 3.37. The third-order valence-corrected chi connectivity index (χ3v) is 5.15. The van der Waals surface area contributed by atoms with Crippen molar-refractivity contribution in [1.29, 1.82) is 0 Å². The largest absolute Gasteiger partial charge is 0.480 e. The maximum Gasteiger partial charge on any atom is 0.323 e. The number of carbonyl (C=O) groups is 4. The van der Waals surface area contributed by atoms with Crippen LogP contribution in [-0.4, -0.2) is 55.5 Å². The summed E-state index contributed by atoms with van der Waals surface area (Å²) in [7, 11) is 0. The number of amides is 3. The van der Waals surface area contributed by atoms with Gasteiger partial charge in [-0.25, -0.2) is 4.39 Å². The number of halogens is 1. The fourth-order valence-corrected chi connectivity index (χ4v) is 3.98. The summed E-state index contributed by atoms with van der Waals surface area (Å²) in [6.07, 6.45) is 1.19. The number of thioether (sulfide) groups is 1. The number of imide groups is 1. The van der Waals surface area contributed by atoms with E-state index in [0.29, 0.717) is 10.5 Å². The Kier molecular flexibility index (Phi) is 4.88. The molecule has 3 amide bonds. The second kappa shape index (κ2) is 6.96. The van der Waals surface area contributed by atoms with Gasteiger partial charge in [0.1, 0.15) is 22.7 Å². The molecular formula is C16H11FN2O5S2. The molecule has 134 valence electrons. The quantitative estimate of drug-likeness (QED) is 0.466. The summed E-state index contributed by atoms with van der Waals surface area (Å²) >= 11 is 6.12. The van der Waals surface area contributed by atoms with Crippen molar-refractivity contribution in [2.75, 3.05) is 6.54 Å². The van der Waals surface area contributed by atoms with Crippen LogP contribution in [-0.2, 0) is 19.2 Å². The van der Waals surface area contributed by atoms with Crippen LogP contribution in [0.2, 0.25) is 0 Å². The number of thiocarbonyl (C=S) groups is 1. The zero-order valence-corrected chi connectivity index (χ0v) is 14.7. The van der Waals surface area contributed by atoms with Crippen molar-refractivity contribution >= 4 is 58.1 Å². The van der Waals surface area contributed by atoms with Gasteiger partial charge >= 0.3 is 5.97 Å². The van der Waals surface area contributed by atoms with Crippen LogP contribution in [0.3, 0.4) is 0 Å².